The molecule has 0 radical (unpaired) electrons. The number of hydrogen-bond acceptors (Lipinski definition) is 6. The monoisotopic (exact) mass is 454 g/mol. The van der Waals surface area contributed by atoms with Crippen molar-refractivity contribution in [3.63, 3.8) is 0 Å². The molecule has 3 rings (SSSR count). The zero-order valence-corrected chi connectivity index (χ0v) is 18.7. The largest absolute Gasteiger partial charge is 0.493 e. The van der Waals surface area contributed by atoms with Crippen molar-refractivity contribution in [2.75, 3.05) is 21.3 Å². The van der Waals surface area contributed by atoms with Gasteiger partial charge < -0.3 is 18.9 Å². The predicted molar refractivity (Wildman–Crippen MR) is 123 cm³/mol. The van der Waals surface area contributed by atoms with Crippen LogP contribution >= 0.6 is 11.6 Å². The van der Waals surface area contributed by atoms with E-state index in [1.165, 1.54) is 27.5 Å². The van der Waals surface area contributed by atoms with Crippen LogP contribution in [0.25, 0.3) is 0 Å². The lowest BCUT2D eigenvalue weighted by atomic mass is 10.2. The van der Waals surface area contributed by atoms with Gasteiger partial charge in [-0.1, -0.05) is 41.9 Å². The van der Waals surface area contributed by atoms with Crippen molar-refractivity contribution < 1.29 is 23.7 Å². The summed E-state index contributed by atoms with van der Waals surface area (Å²) in [6.07, 6.45) is 1.48. The van der Waals surface area contributed by atoms with Gasteiger partial charge in [0.2, 0.25) is 5.75 Å². The fourth-order valence-corrected chi connectivity index (χ4v) is 3.14. The first-order valence-electron chi connectivity index (χ1n) is 9.66. The third-order valence-corrected chi connectivity index (χ3v) is 4.91. The molecule has 0 aliphatic heterocycles. The van der Waals surface area contributed by atoms with E-state index in [9.17, 15) is 4.79 Å². The molecule has 166 valence electrons. The van der Waals surface area contributed by atoms with Gasteiger partial charge >= 0.3 is 0 Å². The Morgan fingerprint density at radius 1 is 0.938 bits per heavy atom. The fourth-order valence-electron chi connectivity index (χ4n) is 2.95. The molecule has 0 unspecified atom stereocenters. The first kappa shape index (κ1) is 23.0. The number of hydrazone groups is 1. The number of methoxy groups -OCH3 is 3. The molecule has 0 aliphatic rings. The number of amides is 1. The van der Waals surface area contributed by atoms with Crippen LogP contribution in [0.4, 0.5) is 0 Å². The van der Waals surface area contributed by atoms with Gasteiger partial charge in [-0.2, -0.15) is 5.10 Å². The second-order valence-electron chi connectivity index (χ2n) is 6.53. The van der Waals surface area contributed by atoms with E-state index in [4.69, 9.17) is 30.5 Å². The molecule has 7 nitrogen and oxygen atoms in total. The fraction of sp³-hybridized carbons (Fsp3) is 0.167. The topological polar surface area (TPSA) is 78.4 Å². The summed E-state index contributed by atoms with van der Waals surface area (Å²) in [4.78, 5) is 12.7. The predicted octanol–water partition coefficient (Wildman–Crippen LogP) is 4.71. The molecule has 8 heteroatoms. The van der Waals surface area contributed by atoms with Crippen LogP contribution < -0.4 is 24.4 Å². The van der Waals surface area contributed by atoms with E-state index >= 15 is 0 Å². The number of carbonyl (C=O) groups is 1. The smallest absolute Gasteiger partial charge is 0.275 e. The van der Waals surface area contributed by atoms with Gasteiger partial charge in [0, 0.05) is 16.1 Å². The second kappa shape index (κ2) is 11.1. The van der Waals surface area contributed by atoms with E-state index in [0.29, 0.717) is 39.1 Å². The number of nitrogens with zero attached hydrogens (tertiary/aromatic N) is 1. The molecule has 0 bridgehead atoms. The third-order valence-electron chi connectivity index (χ3n) is 4.54. The molecule has 1 N–H and O–H groups in total. The second-order valence-corrected chi connectivity index (χ2v) is 6.94. The molecule has 0 heterocycles. The molecule has 32 heavy (non-hydrogen) atoms. The Labute approximate surface area is 191 Å². The summed E-state index contributed by atoms with van der Waals surface area (Å²) in [5, 5.41) is 4.65. The molecule has 0 aliphatic carbocycles. The van der Waals surface area contributed by atoms with Crippen LogP contribution in [0.15, 0.2) is 65.8 Å². The highest BCUT2D eigenvalue weighted by Gasteiger charge is 2.14. The van der Waals surface area contributed by atoms with E-state index < -0.39 is 5.91 Å². The highest BCUT2D eigenvalue weighted by Crippen LogP contribution is 2.37. The Bertz CT molecular complexity index is 1090. The molecule has 0 spiro atoms. The summed E-state index contributed by atoms with van der Waals surface area (Å²) in [5.74, 6) is 1.45. The van der Waals surface area contributed by atoms with Gasteiger partial charge in [0.05, 0.1) is 33.1 Å². The first-order valence-corrected chi connectivity index (χ1v) is 10.0. The summed E-state index contributed by atoms with van der Waals surface area (Å²) in [6.45, 7) is 0.235. The van der Waals surface area contributed by atoms with Gasteiger partial charge in [0.25, 0.3) is 5.91 Å². The zero-order valence-electron chi connectivity index (χ0n) is 17.9. The van der Waals surface area contributed by atoms with E-state index in [0.717, 1.165) is 5.56 Å². The van der Waals surface area contributed by atoms with Crippen molar-refractivity contribution in [3.8, 4) is 23.0 Å². The lowest BCUT2D eigenvalue weighted by molar-refractivity contribution is 0.0950. The summed E-state index contributed by atoms with van der Waals surface area (Å²) >= 11 is 6.18. The van der Waals surface area contributed by atoms with Crippen LogP contribution in [0, 0.1) is 0 Å². The maximum Gasteiger partial charge on any atom is 0.275 e. The Balaban J connectivity index is 1.72. The van der Waals surface area contributed by atoms with E-state index in [1.807, 2.05) is 18.2 Å². The van der Waals surface area contributed by atoms with Gasteiger partial charge in [0.1, 0.15) is 12.4 Å². The van der Waals surface area contributed by atoms with Crippen LogP contribution in [0.5, 0.6) is 23.0 Å². The van der Waals surface area contributed by atoms with Gasteiger partial charge in [0.15, 0.2) is 11.5 Å². The number of carbonyl (C=O) groups excluding carboxylic acids is 1. The van der Waals surface area contributed by atoms with Crippen molar-refractivity contribution in [1.29, 1.82) is 0 Å². The molecule has 3 aromatic rings. The maximum atomic E-state index is 12.7. The minimum Gasteiger partial charge on any atom is -0.493 e. The van der Waals surface area contributed by atoms with Crippen molar-refractivity contribution in [2.24, 2.45) is 5.10 Å². The molecule has 0 saturated heterocycles. The van der Waals surface area contributed by atoms with Crippen molar-refractivity contribution in [2.45, 2.75) is 6.61 Å². The van der Waals surface area contributed by atoms with Crippen LogP contribution in [0.2, 0.25) is 5.02 Å². The minimum atomic E-state index is -0.413. The lowest BCUT2D eigenvalue weighted by Gasteiger charge is -2.12. The van der Waals surface area contributed by atoms with Gasteiger partial charge in [-0.3, -0.25) is 4.79 Å². The van der Waals surface area contributed by atoms with Crippen LogP contribution in [0.3, 0.4) is 0 Å². The van der Waals surface area contributed by atoms with Gasteiger partial charge in [-0.15, -0.1) is 0 Å². The van der Waals surface area contributed by atoms with E-state index in [1.54, 1.807) is 42.5 Å². The molecule has 0 aromatic heterocycles. The number of nitrogens with one attached hydrogen (secondary N) is 1. The van der Waals surface area contributed by atoms with Gasteiger partial charge in [-0.05, 0) is 30.3 Å². The number of halogens is 1. The third kappa shape index (κ3) is 5.50. The number of ether oxygens (including phenoxy) is 4. The summed E-state index contributed by atoms with van der Waals surface area (Å²) < 4.78 is 21.8. The van der Waals surface area contributed by atoms with E-state index in [2.05, 4.69) is 10.5 Å². The zero-order chi connectivity index (χ0) is 22.9. The van der Waals surface area contributed by atoms with Crippen LogP contribution in [-0.2, 0) is 6.61 Å². The highest BCUT2D eigenvalue weighted by molar-refractivity contribution is 6.31. The van der Waals surface area contributed by atoms with Crippen LogP contribution in [0.1, 0.15) is 21.5 Å². The molecule has 3 aromatic carbocycles. The summed E-state index contributed by atoms with van der Waals surface area (Å²) in [5.41, 5.74) is 4.34. The Morgan fingerprint density at radius 2 is 1.59 bits per heavy atom. The molecule has 0 atom stereocenters. The summed E-state index contributed by atoms with van der Waals surface area (Å²) in [6, 6.07) is 17.7. The molecular formula is C24H23ClN2O5. The Kier molecular flexibility index (Phi) is 7.94. The molecule has 1 amide bonds. The van der Waals surface area contributed by atoms with Crippen molar-refractivity contribution in [3.05, 3.63) is 82.4 Å². The number of hydrogen-bond donors (Lipinski definition) is 1. The van der Waals surface area contributed by atoms with E-state index in [-0.39, 0.29) is 6.61 Å². The number of benzene rings is 3. The number of para-hydroxylation sites is 1. The minimum absolute atomic E-state index is 0.235. The molecule has 0 saturated carbocycles. The standard InChI is InChI=1S/C24H23ClN2O5/c1-29-21-12-16(13-22(30-2)23(21)31-3)14-26-27-24(28)18-9-5-7-11-20(18)32-15-17-8-4-6-10-19(17)25/h4-14H,15H2,1-3H3,(H,27,28)/b26-14+. The molecule has 0 fully saturated rings. The van der Waals surface area contributed by atoms with Crippen molar-refractivity contribution in [1.82, 2.24) is 5.43 Å². The quantitative estimate of drug-likeness (QED) is 0.374. The SMILES string of the molecule is COc1cc(/C=N/NC(=O)c2ccccc2OCc2ccccc2Cl)cc(OC)c1OC. The Hall–Kier alpha value is -3.71. The lowest BCUT2D eigenvalue weighted by Crippen LogP contribution is -2.18. The van der Waals surface area contributed by atoms with Crippen molar-refractivity contribution >= 4 is 23.7 Å². The maximum absolute atomic E-state index is 12.7. The molecular weight excluding hydrogens is 432 g/mol. The Morgan fingerprint density at radius 3 is 2.25 bits per heavy atom. The first-order chi connectivity index (χ1) is 15.6. The average molecular weight is 455 g/mol. The average Bonchev–Trinajstić information content (AvgIpc) is 2.82. The number of rotatable bonds is 9. The summed E-state index contributed by atoms with van der Waals surface area (Å²) in [7, 11) is 4.58. The highest BCUT2D eigenvalue weighted by atomic mass is 35.5. The van der Waals surface area contributed by atoms with Gasteiger partial charge in [-0.25, -0.2) is 5.43 Å². The normalized spacial score (nSPS) is 10.6. The van der Waals surface area contributed by atoms with Crippen LogP contribution in [-0.4, -0.2) is 33.5 Å².